The second-order valence-electron chi connectivity index (χ2n) is 6.14. The molecule has 0 spiro atoms. The number of rotatable bonds is 3. The molecule has 0 atom stereocenters. The fourth-order valence-corrected chi connectivity index (χ4v) is 2.83. The van der Waals surface area contributed by atoms with Crippen LogP contribution in [0.25, 0.3) is 22.6 Å². The zero-order chi connectivity index (χ0) is 18.8. The number of carbonyl (C=O) groups is 1. The molecule has 1 amide bonds. The van der Waals surface area contributed by atoms with E-state index in [4.69, 9.17) is 4.42 Å². The van der Waals surface area contributed by atoms with Crippen LogP contribution >= 0.6 is 0 Å². The molecular formula is C22H15N3O2. The fourth-order valence-electron chi connectivity index (χ4n) is 2.83. The molecule has 130 valence electrons. The van der Waals surface area contributed by atoms with Gasteiger partial charge in [-0.25, -0.2) is 4.98 Å². The van der Waals surface area contributed by atoms with Crippen LogP contribution in [0.1, 0.15) is 21.5 Å². The van der Waals surface area contributed by atoms with E-state index < -0.39 is 0 Å². The SMILES string of the molecule is Cc1ccc(C#N)c2oc(-c3ccc(NC(=O)c4ccccc4)cc3)nc12. The summed E-state index contributed by atoms with van der Waals surface area (Å²) < 4.78 is 5.83. The summed E-state index contributed by atoms with van der Waals surface area (Å²) in [5.41, 5.74) is 4.64. The molecule has 5 nitrogen and oxygen atoms in total. The van der Waals surface area contributed by atoms with Crippen LogP contribution in [0.5, 0.6) is 0 Å². The number of oxazole rings is 1. The van der Waals surface area contributed by atoms with Crippen LogP contribution in [-0.2, 0) is 0 Å². The molecule has 4 aromatic rings. The maximum absolute atomic E-state index is 12.2. The van der Waals surface area contributed by atoms with Gasteiger partial charge in [-0.05, 0) is 55.0 Å². The summed E-state index contributed by atoms with van der Waals surface area (Å²) in [5.74, 6) is 0.274. The third-order valence-electron chi connectivity index (χ3n) is 4.29. The standard InChI is InChI=1S/C22H15N3O2/c1-14-7-8-17(13-23)20-19(14)25-22(27-20)16-9-11-18(12-10-16)24-21(26)15-5-3-2-4-6-15/h2-12H,1H3,(H,24,26). The lowest BCUT2D eigenvalue weighted by Crippen LogP contribution is -2.11. The maximum Gasteiger partial charge on any atom is 0.255 e. The van der Waals surface area contributed by atoms with E-state index in [1.807, 2.05) is 43.3 Å². The van der Waals surface area contributed by atoms with Crippen molar-refractivity contribution in [2.45, 2.75) is 6.92 Å². The third kappa shape index (κ3) is 3.16. The van der Waals surface area contributed by atoms with Crippen LogP contribution in [0.3, 0.4) is 0 Å². The Morgan fingerprint density at radius 2 is 1.78 bits per heavy atom. The summed E-state index contributed by atoms with van der Waals surface area (Å²) in [7, 11) is 0. The monoisotopic (exact) mass is 353 g/mol. The Bertz CT molecular complexity index is 1170. The number of aryl methyl sites for hydroxylation is 1. The topological polar surface area (TPSA) is 78.9 Å². The molecule has 1 N–H and O–H groups in total. The van der Waals surface area contributed by atoms with Crippen LogP contribution in [0.15, 0.2) is 71.1 Å². The molecule has 4 rings (SSSR count). The minimum Gasteiger partial charge on any atom is -0.435 e. The van der Waals surface area contributed by atoms with Gasteiger partial charge in [0, 0.05) is 16.8 Å². The number of carbonyl (C=O) groups excluding carboxylic acids is 1. The summed E-state index contributed by atoms with van der Waals surface area (Å²) in [6.45, 7) is 1.93. The van der Waals surface area contributed by atoms with Crippen molar-refractivity contribution >= 4 is 22.7 Å². The van der Waals surface area contributed by atoms with Gasteiger partial charge in [-0.15, -0.1) is 0 Å². The smallest absolute Gasteiger partial charge is 0.255 e. The number of aromatic nitrogens is 1. The highest BCUT2D eigenvalue weighted by atomic mass is 16.3. The van der Waals surface area contributed by atoms with Crippen LogP contribution < -0.4 is 5.32 Å². The Morgan fingerprint density at radius 3 is 2.48 bits per heavy atom. The molecule has 0 saturated heterocycles. The molecule has 0 aliphatic heterocycles. The predicted molar refractivity (Wildman–Crippen MR) is 103 cm³/mol. The first kappa shape index (κ1) is 16.6. The van der Waals surface area contributed by atoms with E-state index in [0.29, 0.717) is 33.8 Å². The molecule has 3 aromatic carbocycles. The Hall–Kier alpha value is -3.91. The molecule has 0 radical (unpaired) electrons. The van der Waals surface area contributed by atoms with Crippen LogP contribution in [0.2, 0.25) is 0 Å². The first-order valence-corrected chi connectivity index (χ1v) is 8.43. The number of nitrogens with one attached hydrogen (secondary N) is 1. The summed E-state index contributed by atoms with van der Waals surface area (Å²) in [6.07, 6.45) is 0. The third-order valence-corrected chi connectivity index (χ3v) is 4.29. The van der Waals surface area contributed by atoms with Gasteiger partial charge < -0.3 is 9.73 Å². The van der Waals surface area contributed by atoms with E-state index in [9.17, 15) is 10.1 Å². The van der Waals surface area contributed by atoms with Crippen LogP contribution in [0, 0.1) is 18.3 Å². The van der Waals surface area contributed by atoms with E-state index in [1.54, 1.807) is 30.3 Å². The van der Waals surface area contributed by atoms with Gasteiger partial charge in [-0.1, -0.05) is 24.3 Å². The highest BCUT2D eigenvalue weighted by Gasteiger charge is 2.14. The number of amides is 1. The van der Waals surface area contributed by atoms with Gasteiger partial charge in [-0.2, -0.15) is 5.26 Å². The number of hydrogen-bond donors (Lipinski definition) is 1. The van der Waals surface area contributed by atoms with Crippen molar-refractivity contribution in [3.63, 3.8) is 0 Å². The van der Waals surface area contributed by atoms with Crippen LogP contribution in [0.4, 0.5) is 5.69 Å². The second-order valence-corrected chi connectivity index (χ2v) is 6.14. The molecular weight excluding hydrogens is 338 g/mol. The maximum atomic E-state index is 12.2. The summed E-state index contributed by atoms with van der Waals surface area (Å²) in [5, 5.41) is 12.1. The first-order chi connectivity index (χ1) is 13.2. The number of fused-ring (bicyclic) bond motifs is 1. The van der Waals surface area contributed by atoms with Gasteiger partial charge in [0.25, 0.3) is 5.91 Å². The Balaban J connectivity index is 1.61. The highest BCUT2D eigenvalue weighted by Crippen LogP contribution is 2.29. The molecule has 1 aromatic heterocycles. The molecule has 0 saturated carbocycles. The number of nitriles is 1. The van der Waals surface area contributed by atoms with Crippen molar-refractivity contribution in [3.05, 3.63) is 83.4 Å². The van der Waals surface area contributed by atoms with Crippen molar-refractivity contribution in [2.75, 3.05) is 5.32 Å². The summed E-state index contributed by atoms with van der Waals surface area (Å²) >= 11 is 0. The van der Waals surface area contributed by atoms with Crippen molar-refractivity contribution in [1.29, 1.82) is 5.26 Å². The lowest BCUT2D eigenvalue weighted by atomic mass is 10.1. The van der Waals surface area contributed by atoms with E-state index in [1.165, 1.54) is 0 Å². The average Bonchev–Trinajstić information content (AvgIpc) is 3.16. The molecule has 5 heteroatoms. The normalized spacial score (nSPS) is 10.5. The van der Waals surface area contributed by atoms with Crippen LogP contribution in [-0.4, -0.2) is 10.9 Å². The Morgan fingerprint density at radius 1 is 1.04 bits per heavy atom. The van der Waals surface area contributed by atoms with E-state index >= 15 is 0 Å². The second kappa shape index (κ2) is 6.77. The Labute approximate surface area is 155 Å². The van der Waals surface area contributed by atoms with Crippen molar-refractivity contribution in [3.8, 4) is 17.5 Å². The molecule has 0 fully saturated rings. The highest BCUT2D eigenvalue weighted by molar-refractivity contribution is 6.04. The lowest BCUT2D eigenvalue weighted by molar-refractivity contribution is 0.102. The number of hydrogen-bond acceptors (Lipinski definition) is 4. The summed E-state index contributed by atoms with van der Waals surface area (Å²) in [6, 6.07) is 22.0. The van der Waals surface area contributed by atoms with Gasteiger partial charge in [-0.3, -0.25) is 4.79 Å². The van der Waals surface area contributed by atoms with Gasteiger partial charge in [0.15, 0.2) is 5.58 Å². The van der Waals surface area contributed by atoms with Gasteiger partial charge in [0.05, 0.1) is 5.56 Å². The average molecular weight is 353 g/mol. The molecule has 27 heavy (non-hydrogen) atoms. The Kier molecular flexibility index (Phi) is 4.15. The number of benzene rings is 3. The van der Waals surface area contributed by atoms with Crippen molar-refractivity contribution in [1.82, 2.24) is 4.98 Å². The van der Waals surface area contributed by atoms with E-state index in [2.05, 4.69) is 16.4 Å². The molecule has 0 aliphatic rings. The molecule has 1 heterocycles. The van der Waals surface area contributed by atoms with Gasteiger partial charge >= 0.3 is 0 Å². The minimum atomic E-state index is -0.167. The summed E-state index contributed by atoms with van der Waals surface area (Å²) in [4.78, 5) is 16.7. The predicted octanol–water partition coefficient (Wildman–Crippen LogP) is 4.93. The van der Waals surface area contributed by atoms with E-state index in [0.717, 1.165) is 11.1 Å². The minimum absolute atomic E-state index is 0.167. The molecule has 0 unspecified atom stereocenters. The van der Waals surface area contributed by atoms with Gasteiger partial charge in [0.2, 0.25) is 5.89 Å². The molecule has 0 aliphatic carbocycles. The first-order valence-electron chi connectivity index (χ1n) is 8.43. The lowest BCUT2D eigenvalue weighted by Gasteiger charge is -2.05. The van der Waals surface area contributed by atoms with Crippen molar-refractivity contribution < 1.29 is 9.21 Å². The zero-order valence-electron chi connectivity index (χ0n) is 14.6. The number of anilines is 1. The van der Waals surface area contributed by atoms with Gasteiger partial charge in [0.1, 0.15) is 11.6 Å². The number of nitrogens with zero attached hydrogens (tertiary/aromatic N) is 2. The molecule has 0 bridgehead atoms. The quantitative estimate of drug-likeness (QED) is 0.566. The van der Waals surface area contributed by atoms with Crippen molar-refractivity contribution in [2.24, 2.45) is 0 Å². The zero-order valence-corrected chi connectivity index (χ0v) is 14.6. The van der Waals surface area contributed by atoms with E-state index in [-0.39, 0.29) is 5.91 Å². The largest absolute Gasteiger partial charge is 0.435 e. The fraction of sp³-hybridized carbons (Fsp3) is 0.0455.